The summed E-state index contributed by atoms with van der Waals surface area (Å²) in [6, 6.07) is 9.43. The van der Waals surface area contributed by atoms with E-state index in [2.05, 4.69) is 5.10 Å². The van der Waals surface area contributed by atoms with Gasteiger partial charge in [0.1, 0.15) is 17.5 Å². The Bertz CT molecular complexity index is 832. The lowest BCUT2D eigenvalue weighted by molar-refractivity contribution is -0.0116. The highest BCUT2D eigenvalue weighted by molar-refractivity contribution is 5.68. The first kappa shape index (κ1) is 20.0. The first-order valence-electron chi connectivity index (χ1n) is 9.35. The lowest BCUT2D eigenvalue weighted by atomic mass is 10.1. The molecule has 1 aromatic heterocycles. The molecule has 0 bridgehead atoms. The molecule has 1 amide bonds. The smallest absolute Gasteiger partial charge is 0.410 e. The van der Waals surface area contributed by atoms with Crippen molar-refractivity contribution in [1.82, 2.24) is 14.7 Å². The second kappa shape index (κ2) is 7.69. The Morgan fingerprint density at radius 1 is 1.29 bits per heavy atom. The van der Waals surface area contributed by atoms with Crippen LogP contribution < -0.4 is 10.5 Å². The molecule has 0 spiro atoms. The number of carbonyl (C=O) groups is 1. The predicted molar refractivity (Wildman–Crippen MR) is 104 cm³/mol. The van der Waals surface area contributed by atoms with E-state index in [1.54, 1.807) is 32.4 Å². The Morgan fingerprint density at radius 2 is 1.96 bits per heavy atom. The third-order valence-electron chi connectivity index (χ3n) is 4.52. The van der Waals surface area contributed by atoms with E-state index in [4.69, 9.17) is 15.2 Å². The molecule has 1 aliphatic rings. The average molecular weight is 390 g/mol. The van der Waals surface area contributed by atoms with Crippen LogP contribution in [0.1, 0.15) is 32.8 Å². The standard InChI is InChI=1S/C20H27FN4O3/c1-13-17(22)25(14-8-6-5-7-9-14)23-18(13)27-16-10-11-24(12-15(16)21)19(26)28-20(2,3)4/h5-9,15-16H,10-12,22H2,1-4H3/t15-,16+/m0/s1. The van der Waals surface area contributed by atoms with Crippen molar-refractivity contribution in [2.45, 2.75) is 52.0 Å². The van der Waals surface area contributed by atoms with Crippen molar-refractivity contribution in [3.8, 4) is 11.6 Å². The molecule has 2 aromatic rings. The minimum atomic E-state index is -1.34. The number of para-hydroxylation sites is 1. The summed E-state index contributed by atoms with van der Waals surface area (Å²) in [4.78, 5) is 13.5. The fraction of sp³-hybridized carbons (Fsp3) is 0.500. The molecular weight excluding hydrogens is 363 g/mol. The van der Waals surface area contributed by atoms with Crippen molar-refractivity contribution in [2.75, 3.05) is 18.8 Å². The SMILES string of the molecule is Cc1c(O[C@@H]2CCN(C(=O)OC(C)(C)C)C[C@@H]2F)nn(-c2ccccc2)c1N. The van der Waals surface area contributed by atoms with Gasteiger partial charge in [-0.15, -0.1) is 5.10 Å². The molecule has 2 atom stereocenters. The number of halogens is 1. The number of carbonyl (C=O) groups excluding carboxylic acids is 1. The fourth-order valence-corrected chi connectivity index (χ4v) is 3.02. The summed E-state index contributed by atoms with van der Waals surface area (Å²) in [5, 5.41) is 4.41. The number of benzene rings is 1. The van der Waals surface area contributed by atoms with Crippen LogP contribution in [0.2, 0.25) is 0 Å². The van der Waals surface area contributed by atoms with Crippen molar-refractivity contribution in [1.29, 1.82) is 0 Å². The summed E-state index contributed by atoms with van der Waals surface area (Å²) in [5.41, 5.74) is 7.00. The second-order valence-corrected chi connectivity index (χ2v) is 7.95. The molecule has 0 aliphatic carbocycles. The number of aromatic nitrogens is 2. The zero-order valence-electron chi connectivity index (χ0n) is 16.7. The predicted octanol–water partition coefficient (Wildman–Crippen LogP) is 3.49. The molecule has 7 nitrogen and oxygen atoms in total. The number of amides is 1. The van der Waals surface area contributed by atoms with Gasteiger partial charge in [-0.25, -0.2) is 13.9 Å². The van der Waals surface area contributed by atoms with Gasteiger partial charge in [-0.05, 0) is 39.8 Å². The van der Waals surface area contributed by atoms with Crippen LogP contribution in [0, 0.1) is 6.92 Å². The Hall–Kier alpha value is -2.77. The van der Waals surface area contributed by atoms with Crippen molar-refractivity contribution in [2.24, 2.45) is 0 Å². The first-order chi connectivity index (χ1) is 13.2. The first-order valence-corrected chi connectivity index (χ1v) is 9.35. The molecule has 0 saturated carbocycles. The highest BCUT2D eigenvalue weighted by atomic mass is 19.1. The van der Waals surface area contributed by atoms with Crippen LogP contribution in [0.25, 0.3) is 5.69 Å². The van der Waals surface area contributed by atoms with Crippen molar-refractivity contribution < 1.29 is 18.7 Å². The molecule has 0 radical (unpaired) electrons. The Morgan fingerprint density at radius 3 is 2.57 bits per heavy atom. The summed E-state index contributed by atoms with van der Waals surface area (Å²) in [5.74, 6) is 0.752. The molecule has 0 unspecified atom stereocenters. The summed E-state index contributed by atoms with van der Waals surface area (Å²) in [6.07, 6.45) is -2.21. The van der Waals surface area contributed by atoms with E-state index in [1.807, 2.05) is 30.3 Å². The molecule has 1 aromatic carbocycles. The van der Waals surface area contributed by atoms with E-state index in [0.717, 1.165) is 5.69 Å². The highest BCUT2D eigenvalue weighted by Gasteiger charge is 2.35. The Balaban J connectivity index is 1.68. The Kier molecular flexibility index (Phi) is 5.49. The van der Waals surface area contributed by atoms with E-state index >= 15 is 0 Å². The highest BCUT2D eigenvalue weighted by Crippen LogP contribution is 2.29. The van der Waals surface area contributed by atoms with Crippen molar-refractivity contribution in [3.63, 3.8) is 0 Å². The Labute approximate surface area is 164 Å². The normalized spacial score (nSPS) is 20.1. The van der Waals surface area contributed by atoms with Crippen LogP contribution in [-0.2, 0) is 4.74 Å². The van der Waals surface area contributed by atoms with Gasteiger partial charge < -0.3 is 20.1 Å². The fourth-order valence-electron chi connectivity index (χ4n) is 3.02. The summed E-state index contributed by atoms with van der Waals surface area (Å²) < 4.78 is 27.4. The van der Waals surface area contributed by atoms with Crippen LogP contribution in [-0.4, -0.2) is 51.7 Å². The average Bonchev–Trinajstić information content (AvgIpc) is 2.91. The molecular formula is C20H27FN4O3. The summed E-state index contributed by atoms with van der Waals surface area (Å²) >= 11 is 0. The topological polar surface area (TPSA) is 82.6 Å². The molecule has 1 saturated heterocycles. The lowest BCUT2D eigenvalue weighted by Crippen LogP contribution is -2.50. The van der Waals surface area contributed by atoms with Gasteiger partial charge in [0.05, 0.1) is 17.8 Å². The molecule has 8 heteroatoms. The number of piperidine rings is 1. The zero-order valence-corrected chi connectivity index (χ0v) is 16.7. The quantitative estimate of drug-likeness (QED) is 0.867. The largest absolute Gasteiger partial charge is 0.470 e. The van der Waals surface area contributed by atoms with Gasteiger partial charge in [0.2, 0.25) is 5.88 Å². The molecule has 1 aliphatic heterocycles. The monoisotopic (exact) mass is 390 g/mol. The number of hydrogen-bond acceptors (Lipinski definition) is 5. The van der Waals surface area contributed by atoms with Crippen LogP contribution in [0.3, 0.4) is 0 Å². The number of nitrogen functional groups attached to an aromatic ring is 1. The molecule has 28 heavy (non-hydrogen) atoms. The number of nitrogens with zero attached hydrogens (tertiary/aromatic N) is 3. The van der Waals surface area contributed by atoms with Gasteiger partial charge in [0.15, 0.2) is 6.17 Å². The van der Waals surface area contributed by atoms with Crippen molar-refractivity contribution >= 4 is 11.9 Å². The molecule has 2 heterocycles. The molecule has 2 N–H and O–H groups in total. The minimum Gasteiger partial charge on any atom is -0.470 e. The minimum absolute atomic E-state index is 0.0759. The lowest BCUT2D eigenvalue weighted by Gasteiger charge is -2.35. The van der Waals surface area contributed by atoms with Gasteiger partial charge in [0.25, 0.3) is 0 Å². The van der Waals surface area contributed by atoms with Crippen LogP contribution in [0.15, 0.2) is 30.3 Å². The van der Waals surface area contributed by atoms with Gasteiger partial charge in [0, 0.05) is 13.0 Å². The number of alkyl halides is 1. The van der Waals surface area contributed by atoms with Crippen LogP contribution in [0.5, 0.6) is 5.88 Å². The van der Waals surface area contributed by atoms with Crippen molar-refractivity contribution in [3.05, 3.63) is 35.9 Å². The van der Waals surface area contributed by atoms with E-state index in [1.165, 1.54) is 4.90 Å². The maximum absolute atomic E-state index is 14.7. The maximum Gasteiger partial charge on any atom is 0.410 e. The molecule has 1 fully saturated rings. The van der Waals surface area contributed by atoms with E-state index in [-0.39, 0.29) is 6.54 Å². The second-order valence-electron chi connectivity index (χ2n) is 7.95. The van der Waals surface area contributed by atoms with Crippen LogP contribution >= 0.6 is 0 Å². The third kappa shape index (κ3) is 4.37. The van der Waals surface area contributed by atoms with Crippen LogP contribution in [0.4, 0.5) is 15.0 Å². The number of ether oxygens (including phenoxy) is 2. The van der Waals surface area contributed by atoms with E-state index in [0.29, 0.717) is 30.2 Å². The number of rotatable bonds is 3. The van der Waals surface area contributed by atoms with E-state index < -0.39 is 24.0 Å². The molecule has 3 rings (SSSR count). The summed E-state index contributed by atoms with van der Waals surface area (Å²) in [7, 11) is 0. The van der Waals surface area contributed by atoms with Gasteiger partial charge >= 0.3 is 6.09 Å². The molecule has 152 valence electrons. The van der Waals surface area contributed by atoms with Gasteiger partial charge in [-0.1, -0.05) is 18.2 Å². The number of nitrogens with two attached hydrogens (primary N) is 1. The number of hydrogen-bond donors (Lipinski definition) is 1. The number of likely N-dealkylation sites (tertiary alicyclic amines) is 1. The third-order valence-corrected chi connectivity index (χ3v) is 4.52. The van der Waals surface area contributed by atoms with Gasteiger partial charge in [-0.2, -0.15) is 0 Å². The number of anilines is 1. The van der Waals surface area contributed by atoms with Gasteiger partial charge in [-0.3, -0.25) is 0 Å². The van der Waals surface area contributed by atoms with E-state index in [9.17, 15) is 9.18 Å². The maximum atomic E-state index is 14.7. The zero-order chi connectivity index (χ0) is 20.5. The summed E-state index contributed by atoms with van der Waals surface area (Å²) in [6.45, 7) is 7.42.